The lowest BCUT2D eigenvalue weighted by molar-refractivity contribution is -0.107. The second-order valence-corrected chi connectivity index (χ2v) is 3.62. The fraction of sp³-hybridized carbons (Fsp3) is 0.667. The molecule has 0 saturated carbocycles. The van der Waals surface area contributed by atoms with Gasteiger partial charge in [0.2, 0.25) is 4.38 Å². The van der Waals surface area contributed by atoms with E-state index in [-0.39, 0.29) is 5.25 Å². The van der Waals surface area contributed by atoms with E-state index in [1.54, 1.807) is 6.92 Å². The van der Waals surface area contributed by atoms with Crippen molar-refractivity contribution in [2.45, 2.75) is 19.1 Å². The highest BCUT2D eigenvalue weighted by molar-refractivity contribution is 8.23. The van der Waals surface area contributed by atoms with Crippen molar-refractivity contribution >= 4 is 34.6 Å². The number of carbonyl (C=O) groups is 1. The normalized spacial score (nSPS) is 12.2. The first-order valence-electron chi connectivity index (χ1n) is 2.99. The van der Waals surface area contributed by atoms with Crippen LogP contribution in [0.25, 0.3) is 0 Å². The summed E-state index contributed by atoms with van der Waals surface area (Å²) in [5, 5.41) is -0.0981. The second-order valence-electron chi connectivity index (χ2n) is 1.64. The van der Waals surface area contributed by atoms with Crippen LogP contribution in [0.15, 0.2) is 0 Å². The molecule has 0 fully saturated rings. The third-order valence-electron chi connectivity index (χ3n) is 0.736. The Labute approximate surface area is 70.3 Å². The van der Waals surface area contributed by atoms with Crippen LogP contribution in [0.4, 0.5) is 0 Å². The molecule has 0 bridgehead atoms. The van der Waals surface area contributed by atoms with Crippen molar-refractivity contribution in [2.75, 3.05) is 6.61 Å². The Bertz CT molecular complexity index is 125. The van der Waals surface area contributed by atoms with Gasteiger partial charge >= 0.3 is 0 Å². The molecule has 0 saturated heterocycles. The van der Waals surface area contributed by atoms with Crippen molar-refractivity contribution < 1.29 is 9.53 Å². The smallest absolute Gasteiger partial charge is 0.220 e. The molecule has 2 nitrogen and oxygen atoms in total. The molecule has 0 rings (SSSR count). The van der Waals surface area contributed by atoms with Crippen LogP contribution in [-0.4, -0.2) is 22.5 Å². The molecule has 1 unspecified atom stereocenters. The molecule has 0 spiro atoms. The first kappa shape index (κ1) is 9.91. The highest BCUT2D eigenvalue weighted by Crippen LogP contribution is 2.11. The molecule has 0 radical (unpaired) electrons. The summed E-state index contributed by atoms with van der Waals surface area (Å²) in [5.74, 6) is 0. The topological polar surface area (TPSA) is 26.3 Å². The summed E-state index contributed by atoms with van der Waals surface area (Å²) in [6.45, 7) is 4.21. The number of aldehydes is 1. The van der Waals surface area contributed by atoms with Gasteiger partial charge < -0.3 is 9.53 Å². The molecule has 58 valence electrons. The van der Waals surface area contributed by atoms with E-state index >= 15 is 0 Å². The minimum atomic E-state index is -0.0981. The number of ether oxygens (including phenoxy) is 1. The van der Waals surface area contributed by atoms with Crippen molar-refractivity contribution in [1.82, 2.24) is 0 Å². The zero-order valence-corrected chi connectivity index (χ0v) is 7.63. The lowest BCUT2D eigenvalue weighted by Gasteiger charge is -2.04. The van der Waals surface area contributed by atoms with Gasteiger partial charge in [-0.3, -0.25) is 0 Å². The third kappa shape index (κ3) is 4.76. The average Bonchev–Trinajstić information content (AvgIpc) is 1.88. The van der Waals surface area contributed by atoms with Crippen LogP contribution in [0, 0.1) is 0 Å². The molecule has 0 N–H and O–H groups in total. The molecular formula is C6H10O2S2. The van der Waals surface area contributed by atoms with Crippen molar-refractivity contribution in [3.05, 3.63) is 0 Å². The minimum Gasteiger partial charge on any atom is -0.479 e. The zero-order valence-electron chi connectivity index (χ0n) is 5.99. The summed E-state index contributed by atoms with van der Waals surface area (Å²) in [6, 6.07) is 0. The SMILES string of the molecule is CCOC(=S)SC(C)C=O. The van der Waals surface area contributed by atoms with Crippen LogP contribution in [0.1, 0.15) is 13.8 Å². The maximum atomic E-state index is 10.1. The standard InChI is InChI=1S/C6H10O2S2/c1-3-8-6(9)10-5(2)4-7/h4-5H,3H2,1-2H3. The zero-order chi connectivity index (χ0) is 7.98. The van der Waals surface area contributed by atoms with Crippen LogP contribution < -0.4 is 0 Å². The Morgan fingerprint density at radius 1 is 1.90 bits per heavy atom. The van der Waals surface area contributed by atoms with Gasteiger partial charge in [0.1, 0.15) is 6.29 Å². The molecule has 0 aliphatic carbocycles. The molecule has 4 heteroatoms. The van der Waals surface area contributed by atoms with Crippen LogP contribution in [0.5, 0.6) is 0 Å². The highest BCUT2D eigenvalue weighted by atomic mass is 32.2. The van der Waals surface area contributed by atoms with Crippen molar-refractivity contribution in [3.63, 3.8) is 0 Å². The first-order chi connectivity index (χ1) is 4.70. The quantitative estimate of drug-likeness (QED) is 0.484. The van der Waals surface area contributed by atoms with Gasteiger partial charge in [0.25, 0.3) is 0 Å². The Morgan fingerprint density at radius 3 is 2.90 bits per heavy atom. The Kier molecular flexibility index (Phi) is 5.63. The Hall–Kier alpha value is -0.0900. The van der Waals surface area contributed by atoms with Crippen molar-refractivity contribution in [1.29, 1.82) is 0 Å². The van der Waals surface area contributed by atoms with E-state index in [9.17, 15) is 4.79 Å². The maximum absolute atomic E-state index is 10.1. The molecule has 0 heterocycles. The lowest BCUT2D eigenvalue weighted by Crippen LogP contribution is -2.04. The van der Waals surface area contributed by atoms with E-state index in [1.165, 1.54) is 11.8 Å². The summed E-state index contributed by atoms with van der Waals surface area (Å²) in [5.41, 5.74) is 0. The van der Waals surface area contributed by atoms with Crippen LogP contribution in [-0.2, 0) is 9.53 Å². The number of hydrogen-bond donors (Lipinski definition) is 0. The minimum absolute atomic E-state index is 0.0981. The summed E-state index contributed by atoms with van der Waals surface area (Å²) in [6.07, 6.45) is 0.843. The van der Waals surface area contributed by atoms with Gasteiger partial charge in [-0.2, -0.15) is 0 Å². The van der Waals surface area contributed by atoms with E-state index in [4.69, 9.17) is 17.0 Å². The van der Waals surface area contributed by atoms with Crippen LogP contribution in [0.3, 0.4) is 0 Å². The van der Waals surface area contributed by atoms with Crippen LogP contribution in [0.2, 0.25) is 0 Å². The van der Waals surface area contributed by atoms with Gasteiger partial charge in [0.15, 0.2) is 0 Å². The second kappa shape index (κ2) is 5.68. The molecule has 1 atom stereocenters. The molecule has 0 aromatic rings. The summed E-state index contributed by atoms with van der Waals surface area (Å²) >= 11 is 6.04. The summed E-state index contributed by atoms with van der Waals surface area (Å²) in [4.78, 5) is 10.1. The van der Waals surface area contributed by atoms with Crippen LogP contribution >= 0.6 is 24.0 Å². The van der Waals surface area contributed by atoms with Crippen molar-refractivity contribution in [2.24, 2.45) is 0 Å². The number of carbonyl (C=O) groups excluding carboxylic acids is 1. The van der Waals surface area contributed by atoms with Crippen molar-refractivity contribution in [3.8, 4) is 0 Å². The number of thiocarbonyl (C=S) groups is 1. The van der Waals surface area contributed by atoms with E-state index in [2.05, 4.69) is 0 Å². The number of rotatable bonds is 3. The molecule has 10 heavy (non-hydrogen) atoms. The summed E-state index contributed by atoms with van der Waals surface area (Å²) < 4.78 is 5.40. The first-order valence-corrected chi connectivity index (χ1v) is 4.28. The Balaban J connectivity index is 3.46. The highest BCUT2D eigenvalue weighted by Gasteiger charge is 2.04. The van der Waals surface area contributed by atoms with Gasteiger partial charge in [0.05, 0.1) is 11.9 Å². The largest absolute Gasteiger partial charge is 0.479 e. The van der Waals surface area contributed by atoms with Gasteiger partial charge in [-0.25, -0.2) is 0 Å². The fourth-order valence-electron chi connectivity index (χ4n) is 0.331. The predicted octanol–water partition coefficient (Wildman–Crippen LogP) is 1.63. The third-order valence-corrected chi connectivity index (χ3v) is 1.94. The average molecular weight is 178 g/mol. The van der Waals surface area contributed by atoms with Gasteiger partial charge in [-0.1, -0.05) is 11.8 Å². The summed E-state index contributed by atoms with van der Waals surface area (Å²) in [7, 11) is 0. The molecule has 0 aliphatic rings. The number of hydrogen-bond acceptors (Lipinski definition) is 4. The lowest BCUT2D eigenvalue weighted by atomic mass is 10.5. The van der Waals surface area contributed by atoms with Gasteiger partial charge in [-0.15, -0.1) is 0 Å². The Morgan fingerprint density at radius 2 is 2.50 bits per heavy atom. The molecular weight excluding hydrogens is 168 g/mol. The van der Waals surface area contributed by atoms with E-state index < -0.39 is 0 Å². The van der Waals surface area contributed by atoms with E-state index in [1.807, 2.05) is 6.92 Å². The fourth-order valence-corrected chi connectivity index (χ4v) is 1.45. The van der Waals surface area contributed by atoms with E-state index in [0.29, 0.717) is 11.0 Å². The number of thioether (sulfide) groups is 1. The van der Waals surface area contributed by atoms with Gasteiger partial charge in [-0.05, 0) is 26.1 Å². The maximum Gasteiger partial charge on any atom is 0.220 e. The molecule has 0 aromatic heterocycles. The predicted molar refractivity (Wildman–Crippen MR) is 47.3 cm³/mol. The molecule has 0 amide bonds. The monoisotopic (exact) mass is 178 g/mol. The van der Waals surface area contributed by atoms with Gasteiger partial charge in [0, 0.05) is 0 Å². The molecule has 0 aliphatic heterocycles. The molecule has 0 aromatic carbocycles. The van der Waals surface area contributed by atoms with E-state index in [0.717, 1.165) is 6.29 Å².